The minimum absolute atomic E-state index is 0.0881. The molecule has 4 unspecified atom stereocenters. The average molecular weight is 576 g/mol. The molecular weight excluding hydrogens is 534 g/mol. The van der Waals surface area contributed by atoms with E-state index in [0.29, 0.717) is 25.8 Å². The number of aromatic amines is 1. The quantitative estimate of drug-likeness (QED) is 0.0518. The molecule has 0 saturated heterocycles. The maximum atomic E-state index is 13.1. The number of H-pyrrole nitrogens is 1. The number of carboxylic acid groups (broad SMARTS) is 1. The highest BCUT2D eigenvalue weighted by Crippen LogP contribution is 2.19. The molecule has 0 saturated carbocycles. The van der Waals surface area contributed by atoms with Crippen molar-refractivity contribution in [2.24, 2.45) is 27.9 Å². The van der Waals surface area contributed by atoms with E-state index in [4.69, 9.17) is 22.9 Å². The second-order valence-electron chi connectivity index (χ2n) is 9.61. The van der Waals surface area contributed by atoms with Crippen LogP contribution in [-0.2, 0) is 25.6 Å². The number of amides is 3. The van der Waals surface area contributed by atoms with Crippen molar-refractivity contribution in [2.75, 3.05) is 19.7 Å². The Morgan fingerprint density at radius 2 is 1.54 bits per heavy atom. The molecule has 0 aliphatic heterocycles. The molecule has 15 heteroatoms. The molecule has 1 aromatic heterocycles. The summed E-state index contributed by atoms with van der Waals surface area (Å²) < 4.78 is 0. The molecule has 14 N–H and O–H groups in total. The number of nitrogens with one attached hydrogen (secondary N) is 4. The van der Waals surface area contributed by atoms with Gasteiger partial charge in [0.15, 0.2) is 5.96 Å². The number of fused-ring (bicyclic) bond motifs is 1. The van der Waals surface area contributed by atoms with Crippen molar-refractivity contribution in [3.05, 3.63) is 36.0 Å². The summed E-state index contributed by atoms with van der Waals surface area (Å²) in [6, 6.07) is 2.72. The summed E-state index contributed by atoms with van der Waals surface area (Å²) in [7, 11) is 0. The molecule has 0 radical (unpaired) electrons. The van der Waals surface area contributed by atoms with Gasteiger partial charge in [0.25, 0.3) is 0 Å². The van der Waals surface area contributed by atoms with Crippen LogP contribution >= 0.6 is 0 Å². The molecule has 0 spiro atoms. The molecule has 0 fully saturated rings. The van der Waals surface area contributed by atoms with E-state index in [9.17, 15) is 29.4 Å². The van der Waals surface area contributed by atoms with E-state index in [-0.39, 0.29) is 31.8 Å². The Hall–Kier alpha value is -4.21. The first-order valence-corrected chi connectivity index (χ1v) is 13.4. The fourth-order valence-corrected chi connectivity index (χ4v) is 4.17. The highest BCUT2D eigenvalue weighted by atomic mass is 16.4. The van der Waals surface area contributed by atoms with E-state index < -0.39 is 54.5 Å². The van der Waals surface area contributed by atoms with Crippen LogP contribution in [0, 0.1) is 0 Å². The van der Waals surface area contributed by atoms with Gasteiger partial charge < -0.3 is 54.1 Å². The molecule has 1 heterocycles. The topological polar surface area (TPSA) is 277 Å². The Morgan fingerprint density at radius 3 is 2.20 bits per heavy atom. The zero-order valence-corrected chi connectivity index (χ0v) is 22.8. The monoisotopic (exact) mass is 575 g/mol. The zero-order valence-electron chi connectivity index (χ0n) is 22.8. The molecule has 15 nitrogen and oxygen atoms in total. The van der Waals surface area contributed by atoms with Crippen LogP contribution in [0.15, 0.2) is 35.5 Å². The first-order valence-electron chi connectivity index (χ1n) is 13.4. The third-order valence-electron chi connectivity index (χ3n) is 6.41. The predicted octanol–water partition coefficient (Wildman–Crippen LogP) is -2.25. The number of aliphatic imine (C=N–C) groups is 1. The van der Waals surface area contributed by atoms with Gasteiger partial charge in [-0.25, -0.2) is 4.79 Å². The number of hydrogen-bond donors (Lipinski definition) is 10. The number of carbonyl (C=O) groups is 4. The van der Waals surface area contributed by atoms with Crippen LogP contribution in [0.5, 0.6) is 0 Å². The lowest BCUT2D eigenvalue weighted by Crippen LogP contribution is -2.58. The molecule has 0 aliphatic rings. The van der Waals surface area contributed by atoms with E-state index in [1.54, 1.807) is 6.20 Å². The van der Waals surface area contributed by atoms with Crippen LogP contribution in [-0.4, -0.2) is 88.7 Å². The van der Waals surface area contributed by atoms with E-state index in [1.807, 2.05) is 24.3 Å². The molecule has 2 rings (SSSR count). The molecule has 0 bridgehead atoms. The number of guanidine groups is 1. The van der Waals surface area contributed by atoms with Gasteiger partial charge >= 0.3 is 5.97 Å². The lowest BCUT2D eigenvalue weighted by atomic mass is 10.0. The van der Waals surface area contributed by atoms with E-state index >= 15 is 0 Å². The third kappa shape index (κ3) is 10.7. The van der Waals surface area contributed by atoms with Crippen molar-refractivity contribution in [2.45, 2.75) is 62.7 Å². The molecule has 41 heavy (non-hydrogen) atoms. The summed E-state index contributed by atoms with van der Waals surface area (Å²) in [4.78, 5) is 57.4. The van der Waals surface area contributed by atoms with Crippen molar-refractivity contribution in [1.82, 2.24) is 20.9 Å². The average Bonchev–Trinajstić information content (AvgIpc) is 3.34. The Labute approximate surface area is 237 Å². The lowest BCUT2D eigenvalue weighted by Gasteiger charge is -2.24. The van der Waals surface area contributed by atoms with Gasteiger partial charge in [0, 0.05) is 23.6 Å². The fraction of sp³-hybridized carbons (Fsp3) is 0.500. The predicted molar refractivity (Wildman–Crippen MR) is 153 cm³/mol. The summed E-state index contributed by atoms with van der Waals surface area (Å²) in [6.45, 7) is -0.255. The number of nitrogens with two attached hydrogens (primary N) is 4. The van der Waals surface area contributed by atoms with E-state index in [2.05, 4.69) is 25.9 Å². The van der Waals surface area contributed by atoms with Gasteiger partial charge in [-0.05, 0) is 56.7 Å². The molecule has 0 aliphatic carbocycles. The van der Waals surface area contributed by atoms with E-state index in [0.717, 1.165) is 16.5 Å². The number of benzene rings is 1. The summed E-state index contributed by atoms with van der Waals surface area (Å²) in [5, 5.41) is 27.4. The van der Waals surface area contributed by atoms with Crippen LogP contribution in [0.3, 0.4) is 0 Å². The van der Waals surface area contributed by atoms with Gasteiger partial charge in [-0.3, -0.25) is 19.4 Å². The summed E-state index contributed by atoms with van der Waals surface area (Å²) >= 11 is 0. The lowest BCUT2D eigenvalue weighted by molar-refractivity contribution is -0.142. The molecule has 4 atom stereocenters. The van der Waals surface area contributed by atoms with Crippen LogP contribution < -0.4 is 38.9 Å². The van der Waals surface area contributed by atoms with Gasteiger partial charge in [0.05, 0.1) is 12.6 Å². The third-order valence-corrected chi connectivity index (χ3v) is 6.41. The van der Waals surface area contributed by atoms with Crippen molar-refractivity contribution in [3.63, 3.8) is 0 Å². The van der Waals surface area contributed by atoms with Gasteiger partial charge in [-0.1, -0.05) is 18.2 Å². The number of aliphatic carboxylic acids is 1. The highest BCUT2D eigenvalue weighted by molar-refractivity contribution is 5.94. The normalized spacial score (nSPS) is 13.9. The Bertz CT molecular complexity index is 1200. The molecular formula is C26H41N9O6. The number of rotatable bonds is 18. The number of carboxylic acids is 1. The summed E-state index contributed by atoms with van der Waals surface area (Å²) in [5.41, 5.74) is 24.0. The number of unbranched alkanes of at least 4 members (excludes halogenated alkanes) is 1. The SMILES string of the molecule is NCCCCC(NC(=O)C(CO)NC(=O)C(CCCN=C(N)N)NC(=O)C(N)Cc1c[nH]c2ccccc12)C(=O)O. The Morgan fingerprint density at radius 1 is 0.902 bits per heavy atom. The Kier molecular flexibility index (Phi) is 13.5. The number of nitrogens with zero attached hydrogens (tertiary/aromatic N) is 1. The zero-order chi connectivity index (χ0) is 30.4. The number of aromatic nitrogens is 1. The maximum Gasteiger partial charge on any atom is 0.326 e. The van der Waals surface area contributed by atoms with Crippen molar-refractivity contribution < 1.29 is 29.4 Å². The van der Waals surface area contributed by atoms with Crippen molar-refractivity contribution >= 4 is 40.6 Å². The minimum atomic E-state index is -1.46. The van der Waals surface area contributed by atoms with Gasteiger partial charge in [-0.15, -0.1) is 0 Å². The maximum absolute atomic E-state index is 13.1. The van der Waals surface area contributed by atoms with Gasteiger partial charge in [-0.2, -0.15) is 0 Å². The van der Waals surface area contributed by atoms with Crippen LogP contribution in [0.1, 0.15) is 37.7 Å². The largest absolute Gasteiger partial charge is 0.480 e. The summed E-state index contributed by atoms with van der Waals surface area (Å²) in [6.07, 6.45) is 3.51. The van der Waals surface area contributed by atoms with E-state index in [1.165, 1.54) is 0 Å². The Balaban J connectivity index is 2.09. The van der Waals surface area contributed by atoms with Gasteiger partial charge in [0.2, 0.25) is 17.7 Å². The second-order valence-corrected chi connectivity index (χ2v) is 9.61. The molecule has 1 aromatic carbocycles. The number of carbonyl (C=O) groups excluding carboxylic acids is 3. The van der Waals surface area contributed by atoms with Gasteiger partial charge in [0.1, 0.15) is 18.1 Å². The summed E-state index contributed by atoms with van der Waals surface area (Å²) in [5.74, 6) is -3.65. The minimum Gasteiger partial charge on any atom is -0.480 e. The highest BCUT2D eigenvalue weighted by Gasteiger charge is 2.30. The first kappa shape index (κ1) is 33.0. The van der Waals surface area contributed by atoms with Crippen LogP contribution in [0.4, 0.5) is 0 Å². The second kappa shape index (κ2) is 16.8. The number of aliphatic hydroxyl groups is 1. The smallest absolute Gasteiger partial charge is 0.326 e. The van der Waals surface area contributed by atoms with Crippen molar-refractivity contribution in [3.8, 4) is 0 Å². The van der Waals surface area contributed by atoms with Crippen LogP contribution in [0.25, 0.3) is 10.9 Å². The van der Waals surface area contributed by atoms with Crippen LogP contribution in [0.2, 0.25) is 0 Å². The number of aliphatic hydroxyl groups excluding tert-OH is 1. The fourth-order valence-electron chi connectivity index (χ4n) is 4.17. The first-order chi connectivity index (χ1) is 19.6. The standard InChI is InChI=1S/C26H41N9O6/c27-10-4-3-8-20(25(40)41)34-24(39)21(14-36)35-23(38)19(9-5-11-31-26(29)30)33-22(37)17(28)12-15-13-32-18-7-2-1-6-16(15)18/h1-2,6-7,13,17,19-21,32,36H,3-5,8-12,14,27-28H2,(H,33,37)(H,34,39)(H,35,38)(H,40,41)(H4,29,30,31). The molecule has 2 aromatic rings. The molecule has 226 valence electrons. The number of hydrogen-bond acceptors (Lipinski definition) is 8. The molecule has 3 amide bonds. The number of para-hydroxylation sites is 1. The van der Waals surface area contributed by atoms with Crippen molar-refractivity contribution in [1.29, 1.82) is 0 Å².